The van der Waals surface area contributed by atoms with Gasteiger partial charge in [0.05, 0.1) is 42.0 Å². The van der Waals surface area contributed by atoms with Crippen molar-refractivity contribution in [3.63, 3.8) is 0 Å². The molecule has 192 valence electrons. The van der Waals surface area contributed by atoms with Crippen molar-refractivity contribution in [2.75, 3.05) is 19.1 Å². The van der Waals surface area contributed by atoms with Gasteiger partial charge in [0.15, 0.2) is 0 Å². The number of aliphatic hydroxyl groups excluding tert-OH is 1. The molecule has 1 aliphatic heterocycles. The summed E-state index contributed by atoms with van der Waals surface area (Å²) >= 11 is 12.3. The van der Waals surface area contributed by atoms with Crippen molar-refractivity contribution in [2.45, 2.75) is 12.2 Å². The molecule has 4 rings (SSSR count). The Morgan fingerprint density at radius 1 is 0.973 bits per heavy atom. The van der Waals surface area contributed by atoms with Crippen molar-refractivity contribution in [3.05, 3.63) is 93.0 Å². The Labute approximate surface area is 219 Å². The fourth-order valence-electron chi connectivity index (χ4n) is 4.15. The standard InChI is InChI=1S/C26H18Cl2F3NO5/c1-36-17-8-3-5-13(9-17)21-20(22(33)18-11-15(27)12-19(28)24(18)37-2)23(34)25(35)32(21)16-7-4-6-14(10-16)26(29,30)31/h3-12,21,33H,1-2H3/b22-20+. The first-order valence-electron chi connectivity index (χ1n) is 10.6. The summed E-state index contributed by atoms with van der Waals surface area (Å²) in [5.41, 5.74) is -1.38. The number of carbonyl (C=O) groups excluding carboxylic acids is 2. The van der Waals surface area contributed by atoms with Crippen LogP contribution < -0.4 is 14.4 Å². The van der Waals surface area contributed by atoms with Crippen LogP contribution in [0.5, 0.6) is 11.5 Å². The highest BCUT2D eigenvalue weighted by atomic mass is 35.5. The van der Waals surface area contributed by atoms with Crippen molar-refractivity contribution in [3.8, 4) is 11.5 Å². The molecule has 11 heteroatoms. The Hall–Kier alpha value is -3.69. The number of hydrogen-bond acceptors (Lipinski definition) is 5. The Bertz CT molecular complexity index is 1440. The molecule has 37 heavy (non-hydrogen) atoms. The number of Topliss-reactive ketones (excluding diaryl/α,β-unsaturated/α-hetero) is 1. The summed E-state index contributed by atoms with van der Waals surface area (Å²) < 4.78 is 50.9. The van der Waals surface area contributed by atoms with E-state index in [0.29, 0.717) is 11.3 Å². The average molecular weight is 552 g/mol. The second kappa shape index (κ2) is 9.99. The van der Waals surface area contributed by atoms with Crippen LogP contribution in [0.25, 0.3) is 5.76 Å². The second-order valence-electron chi connectivity index (χ2n) is 7.96. The molecular weight excluding hydrogens is 534 g/mol. The molecule has 1 amide bonds. The molecule has 0 aromatic heterocycles. The molecule has 0 spiro atoms. The Balaban J connectivity index is 2.02. The molecule has 3 aromatic rings. The van der Waals surface area contributed by atoms with Gasteiger partial charge in [0.25, 0.3) is 11.7 Å². The molecule has 1 N–H and O–H groups in total. The van der Waals surface area contributed by atoms with Gasteiger partial charge < -0.3 is 14.6 Å². The minimum atomic E-state index is -4.69. The van der Waals surface area contributed by atoms with Crippen LogP contribution in [0, 0.1) is 0 Å². The SMILES string of the molecule is COc1cccc(C2/C(=C(\O)c3cc(Cl)cc(Cl)c3OC)C(=O)C(=O)N2c2cccc(C(F)(F)F)c2)c1. The molecule has 1 atom stereocenters. The first-order valence-corrected chi connectivity index (χ1v) is 11.4. The van der Waals surface area contributed by atoms with Gasteiger partial charge >= 0.3 is 6.18 Å². The van der Waals surface area contributed by atoms with Crippen LogP contribution in [0.15, 0.2) is 66.2 Å². The number of anilines is 1. The predicted octanol–water partition coefficient (Wildman–Crippen LogP) is 6.66. The number of amides is 1. The van der Waals surface area contributed by atoms with Gasteiger partial charge in [-0.15, -0.1) is 0 Å². The van der Waals surface area contributed by atoms with Crippen molar-refractivity contribution in [2.24, 2.45) is 0 Å². The lowest BCUT2D eigenvalue weighted by atomic mass is 9.94. The average Bonchev–Trinajstić information content (AvgIpc) is 3.13. The maximum atomic E-state index is 13.5. The smallest absolute Gasteiger partial charge is 0.416 e. The molecule has 1 fully saturated rings. The van der Waals surface area contributed by atoms with Gasteiger partial charge in [-0.25, -0.2) is 0 Å². The largest absolute Gasteiger partial charge is 0.507 e. The third-order valence-corrected chi connectivity index (χ3v) is 6.27. The Morgan fingerprint density at radius 2 is 1.68 bits per heavy atom. The normalized spacial score (nSPS) is 17.3. The first-order chi connectivity index (χ1) is 17.5. The molecule has 1 heterocycles. The minimum absolute atomic E-state index is 0.0155. The van der Waals surface area contributed by atoms with E-state index in [-0.39, 0.29) is 27.0 Å². The van der Waals surface area contributed by atoms with E-state index in [1.165, 1.54) is 38.5 Å². The first kappa shape index (κ1) is 26.4. The predicted molar refractivity (Wildman–Crippen MR) is 132 cm³/mol. The molecule has 6 nitrogen and oxygen atoms in total. The van der Waals surface area contributed by atoms with Crippen LogP contribution in [0.3, 0.4) is 0 Å². The van der Waals surface area contributed by atoms with Crippen LogP contribution in [0.4, 0.5) is 18.9 Å². The van der Waals surface area contributed by atoms with E-state index in [0.717, 1.165) is 23.1 Å². The number of ketones is 1. The van der Waals surface area contributed by atoms with E-state index in [4.69, 9.17) is 32.7 Å². The zero-order valence-electron chi connectivity index (χ0n) is 19.3. The molecule has 3 aromatic carbocycles. The van der Waals surface area contributed by atoms with Gasteiger partial charge in [-0.1, -0.05) is 41.4 Å². The molecule has 0 radical (unpaired) electrons. The van der Waals surface area contributed by atoms with E-state index in [1.54, 1.807) is 18.2 Å². The van der Waals surface area contributed by atoms with E-state index < -0.39 is 40.8 Å². The highest BCUT2D eigenvalue weighted by Crippen LogP contribution is 2.46. The minimum Gasteiger partial charge on any atom is -0.507 e. The molecule has 1 unspecified atom stereocenters. The molecule has 0 bridgehead atoms. The zero-order valence-corrected chi connectivity index (χ0v) is 20.8. The number of carbonyl (C=O) groups is 2. The maximum absolute atomic E-state index is 13.5. The molecule has 0 saturated carbocycles. The van der Waals surface area contributed by atoms with E-state index in [9.17, 15) is 27.9 Å². The summed E-state index contributed by atoms with van der Waals surface area (Å²) in [5, 5.41) is 11.5. The van der Waals surface area contributed by atoms with Crippen molar-refractivity contribution >= 4 is 46.3 Å². The van der Waals surface area contributed by atoms with Crippen LogP contribution >= 0.6 is 23.2 Å². The van der Waals surface area contributed by atoms with Crippen molar-refractivity contribution in [1.82, 2.24) is 0 Å². The topological polar surface area (TPSA) is 76.1 Å². The van der Waals surface area contributed by atoms with E-state index in [1.807, 2.05) is 0 Å². The van der Waals surface area contributed by atoms with Crippen LogP contribution in [0.2, 0.25) is 10.0 Å². The van der Waals surface area contributed by atoms with Gasteiger partial charge in [0, 0.05) is 10.7 Å². The number of nitrogens with zero attached hydrogens (tertiary/aromatic N) is 1. The number of hydrogen-bond donors (Lipinski definition) is 1. The summed E-state index contributed by atoms with van der Waals surface area (Å²) in [4.78, 5) is 27.5. The Morgan fingerprint density at radius 3 is 2.32 bits per heavy atom. The second-order valence-corrected chi connectivity index (χ2v) is 8.81. The van der Waals surface area contributed by atoms with Crippen molar-refractivity contribution in [1.29, 1.82) is 0 Å². The Kier molecular flexibility index (Phi) is 7.12. The number of rotatable bonds is 5. The van der Waals surface area contributed by atoms with Gasteiger partial charge in [0.2, 0.25) is 0 Å². The zero-order chi connectivity index (χ0) is 27.1. The third-order valence-electron chi connectivity index (χ3n) is 5.77. The van der Waals surface area contributed by atoms with E-state index in [2.05, 4.69) is 0 Å². The number of halogens is 5. The van der Waals surface area contributed by atoms with Crippen LogP contribution in [-0.2, 0) is 15.8 Å². The lowest BCUT2D eigenvalue weighted by Gasteiger charge is -2.26. The highest BCUT2D eigenvalue weighted by Gasteiger charge is 2.48. The number of alkyl halides is 3. The van der Waals surface area contributed by atoms with Crippen molar-refractivity contribution < 1.29 is 37.3 Å². The number of methoxy groups -OCH3 is 2. The fraction of sp³-hybridized carbons (Fsp3) is 0.154. The summed E-state index contributed by atoms with van der Waals surface area (Å²) in [5.74, 6) is -2.59. The maximum Gasteiger partial charge on any atom is 0.416 e. The van der Waals surface area contributed by atoms with Gasteiger partial charge in [-0.2, -0.15) is 13.2 Å². The summed E-state index contributed by atoms with van der Waals surface area (Å²) in [6.45, 7) is 0. The van der Waals surface area contributed by atoms with Crippen LogP contribution in [0.1, 0.15) is 22.7 Å². The summed E-state index contributed by atoms with van der Waals surface area (Å²) in [7, 11) is 2.69. The monoisotopic (exact) mass is 551 g/mol. The number of aliphatic hydroxyl groups is 1. The summed E-state index contributed by atoms with van der Waals surface area (Å²) in [6.07, 6.45) is -4.69. The molecule has 1 aliphatic rings. The quantitative estimate of drug-likeness (QED) is 0.218. The van der Waals surface area contributed by atoms with Gasteiger partial charge in [-0.05, 0) is 48.0 Å². The third kappa shape index (κ3) is 4.84. The molecule has 1 saturated heterocycles. The number of benzene rings is 3. The fourth-order valence-corrected chi connectivity index (χ4v) is 4.72. The van der Waals surface area contributed by atoms with Gasteiger partial charge in [0.1, 0.15) is 17.3 Å². The summed E-state index contributed by atoms with van der Waals surface area (Å²) in [6, 6.07) is 11.6. The number of ether oxygens (including phenoxy) is 2. The van der Waals surface area contributed by atoms with Crippen LogP contribution in [-0.4, -0.2) is 31.0 Å². The molecular formula is C26H18Cl2F3NO5. The molecule has 0 aliphatic carbocycles. The lowest BCUT2D eigenvalue weighted by Crippen LogP contribution is -2.29. The highest BCUT2D eigenvalue weighted by molar-refractivity contribution is 6.52. The van der Waals surface area contributed by atoms with Gasteiger partial charge in [-0.3, -0.25) is 14.5 Å². The lowest BCUT2D eigenvalue weighted by molar-refractivity contribution is -0.137. The van der Waals surface area contributed by atoms with E-state index >= 15 is 0 Å².